The Balaban J connectivity index is 1.80. The highest BCUT2D eigenvalue weighted by Gasteiger charge is 2.31. The predicted molar refractivity (Wildman–Crippen MR) is 99.1 cm³/mol. The molecule has 1 aromatic carbocycles. The molecule has 3 N–H and O–H groups in total. The number of carbonyl (C=O) groups is 2. The SMILES string of the molecule is CC(C)C(O)C(C)(C)CNC(=O)Cc1ccc(NC(=O)C2CC2)cc1. The van der Waals surface area contributed by atoms with E-state index in [2.05, 4.69) is 10.6 Å². The number of hydrogen-bond donors (Lipinski definition) is 3. The number of hydrogen-bond acceptors (Lipinski definition) is 3. The largest absolute Gasteiger partial charge is 0.392 e. The number of amides is 2. The highest BCUT2D eigenvalue weighted by molar-refractivity contribution is 5.94. The van der Waals surface area contributed by atoms with Crippen molar-refractivity contribution in [1.82, 2.24) is 5.32 Å². The van der Waals surface area contributed by atoms with Crippen LogP contribution in [0.25, 0.3) is 0 Å². The fraction of sp³-hybridized carbons (Fsp3) is 0.600. The Morgan fingerprint density at radius 1 is 1.20 bits per heavy atom. The van der Waals surface area contributed by atoms with Crippen molar-refractivity contribution in [2.75, 3.05) is 11.9 Å². The van der Waals surface area contributed by atoms with E-state index >= 15 is 0 Å². The zero-order chi connectivity index (χ0) is 18.6. The lowest BCUT2D eigenvalue weighted by molar-refractivity contribution is -0.121. The first-order valence-corrected chi connectivity index (χ1v) is 9.03. The van der Waals surface area contributed by atoms with Crippen LogP contribution in [-0.2, 0) is 16.0 Å². The fourth-order valence-electron chi connectivity index (χ4n) is 2.88. The van der Waals surface area contributed by atoms with E-state index in [9.17, 15) is 14.7 Å². The van der Waals surface area contributed by atoms with Gasteiger partial charge >= 0.3 is 0 Å². The van der Waals surface area contributed by atoms with Crippen molar-refractivity contribution < 1.29 is 14.7 Å². The maximum absolute atomic E-state index is 12.1. The van der Waals surface area contributed by atoms with Crippen molar-refractivity contribution in [2.45, 2.75) is 53.1 Å². The Hall–Kier alpha value is -1.88. The number of aliphatic hydroxyl groups is 1. The van der Waals surface area contributed by atoms with Gasteiger partial charge in [0.2, 0.25) is 11.8 Å². The van der Waals surface area contributed by atoms with Crippen LogP contribution in [0.4, 0.5) is 5.69 Å². The quantitative estimate of drug-likeness (QED) is 0.677. The van der Waals surface area contributed by atoms with Gasteiger partial charge in [-0.3, -0.25) is 9.59 Å². The van der Waals surface area contributed by atoms with Gasteiger partial charge in [-0.25, -0.2) is 0 Å². The maximum Gasteiger partial charge on any atom is 0.227 e. The molecule has 5 heteroatoms. The Kier molecular flexibility index (Phi) is 6.22. The molecular weight excluding hydrogens is 316 g/mol. The van der Waals surface area contributed by atoms with Crippen molar-refractivity contribution in [2.24, 2.45) is 17.3 Å². The van der Waals surface area contributed by atoms with Crippen LogP contribution in [0.15, 0.2) is 24.3 Å². The molecule has 0 radical (unpaired) electrons. The first kappa shape index (κ1) is 19.4. The molecule has 2 amide bonds. The zero-order valence-corrected chi connectivity index (χ0v) is 15.6. The molecule has 25 heavy (non-hydrogen) atoms. The number of rotatable bonds is 8. The molecule has 0 aliphatic heterocycles. The fourth-order valence-corrected chi connectivity index (χ4v) is 2.88. The molecule has 1 saturated carbocycles. The summed E-state index contributed by atoms with van der Waals surface area (Å²) in [5.41, 5.74) is 1.28. The van der Waals surface area contributed by atoms with Gasteiger partial charge in [0.25, 0.3) is 0 Å². The van der Waals surface area contributed by atoms with Crippen LogP contribution in [-0.4, -0.2) is 29.6 Å². The van der Waals surface area contributed by atoms with E-state index in [-0.39, 0.29) is 35.5 Å². The molecule has 1 aliphatic carbocycles. The summed E-state index contributed by atoms with van der Waals surface area (Å²) in [6, 6.07) is 7.37. The number of carbonyl (C=O) groups excluding carboxylic acids is 2. The average Bonchev–Trinajstić information content (AvgIpc) is 3.39. The van der Waals surface area contributed by atoms with Crippen molar-refractivity contribution in [3.05, 3.63) is 29.8 Å². The van der Waals surface area contributed by atoms with E-state index in [1.54, 1.807) is 0 Å². The van der Waals surface area contributed by atoms with Crippen molar-refractivity contribution >= 4 is 17.5 Å². The second-order valence-electron chi connectivity index (χ2n) is 8.09. The third kappa shape index (κ3) is 5.85. The van der Waals surface area contributed by atoms with Gasteiger partial charge in [0, 0.05) is 23.6 Å². The zero-order valence-electron chi connectivity index (χ0n) is 15.6. The summed E-state index contributed by atoms with van der Waals surface area (Å²) in [5, 5.41) is 16.0. The summed E-state index contributed by atoms with van der Waals surface area (Å²) in [5.74, 6) is 0.329. The van der Waals surface area contributed by atoms with E-state index in [4.69, 9.17) is 0 Å². The highest BCUT2D eigenvalue weighted by Crippen LogP contribution is 2.30. The molecule has 1 fully saturated rings. The van der Waals surface area contributed by atoms with Gasteiger partial charge < -0.3 is 15.7 Å². The first-order valence-electron chi connectivity index (χ1n) is 9.03. The molecule has 0 saturated heterocycles. The molecule has 1 aromatic rings. The number of nitrogens with one attached hydrogen (secondary N) is 2. The average molecular weight is 346 g/mol. The van der Waals surface area contributed by atoms with Gasteiger partial charge in [0.1, 0.15) is 0 Å². The van der Waals surface area contributed by atoms with Gasteiger partial charge in [-0.15, -0.1) is 0 Å². The van der Waals surface area contributed by atoms with Crippen LogP contribution in [0, 0.1) is 17.3 Å². The molecular formula is C20H30N2O3. The molecule has 0 aromatic heterocycles. The van der Waals surface area contributed by atoms with E-state index in [1.165, 1.54) is 0 Å². The Labute approximate surface area is 150 Å². The van der Waals surface area contributed by atoms with Crippen molar-refractivity contribution in [3.8, 4) is 0 Å². The van der Waals surface area contributed by atoms with Crippen LogP contribution in [0.2, 0.25) is 0 Å². The summed E-state index contributed by atoms with van der Waals surface area (Å²) >= 11 is 0. The molecule has 1 atom stereocenters. The molecule has 0 heterocycles. The molecule has 0 bridgehead atoms. The van der Waals surface area contributed by atoms with Gasteiger partial charge in [-0.05, 0) is 36.5 Å². The topological polar surface area (TPSA) is 78.4 Å². The second kappa shape index (κ2) is 8.00. The second-order valence-corrected chi connectivity index (χ2v) is 8.09. The Morgan fingerprint density at radius 3 is 2.32 bits per heavy atom. The van der Waals surface area contributed by atoms with Crippen LogP contribution >= 0.6 is 0 Å². The summed E-state index contributed by atoms with van der Waals surface area (Å²) in [6.45, 7) is 8.28. The summed E-state index contributed by atoms with van der Waals surface area (Å²) in [4.78, 5) is 23.9. The van der Waals surface area contributed by atoms with E-state index in [0.29, 0.717) is 6.54 Å². The van der Waals surface area contributed by atoms with Gasteiger partial charge in [-0.2, -0.15) is 0 Å². The van der Waals surface area contributed by atoms with Gasteiger partial charge in [0.15, 0.2) is 0 Å². The number of benzene rings is 1. The summed E-state index contributed by atoms with van der Waals surface area (Å²) in [7, 11) is 0. The van der Waals surface area contributed by atoms with Crippen molar-refractivity contribution in [3.63, 3.8) is 0 Å². The molecule has 2 rings (SSSR count). The van der Waals surface area contributed by atoms with Crippen LogP contribution in [0.1, 0.15) is 46.1 Å². The monoisotopic (exact) mass is 346 g/mol. The summed E-state index contributed by atoms with van der Waals surface area (Å²) < 4.78 is 0. The first-order chi connectivity index (χ1) is 11.7. The minimum atomic E-state index is -0.470. The molecule has 0 spiro atoms. The predicted octanol–water partition coefficient (Wildman–Crippen LogP) is 2.74. The lowest BCUT2D eigenvalue weighted by atomic mass is 9.80. The number of anilines is 1. The van der Waals surface area contributed by atoms with Crippen LogP contribution in [0.3, 0.4) is 0 Å². The lowest BCUT2D eigenvalue weighted by Crippen LogP contribution is -2.43. The minimum Gasteiger partial charge on any atom is -0.392 e. The lowest BCUT2D eigenvalue weighted by Gasteiger charge is -2.33. The van der Waals surface area contributed by atoms with Crippen LogP contribution < -0.4 is 10.6 Å². The van der Waals surface area contributed by atoms with E-state index in [0.717, 1.165) is 24.1 Å². The normalized spacial score (nSPS) is 15.8. The van der Waals surface area contributed by atoms with Crippen molar-refractivity contribution in [1.29, 1.82) is 0 Å². The van der Waals surface area contributed by atoms with E-state index in [1.807, 2.05) is 52.0 Å². The molecule has 5 nitrogen and oxygen atoms in total. The standard InChI is InChI=1S/C20H30N2O3/c1-13(2)18(24)20(3,4)12-21-17(23)11-14-5-9-16(10-6-14)22-19(25)15-7-8-15/h5-6,9-10,13,15,18,24H,7-8,11-12H2,1-4H3,(H,21,23)(H,22,25). The molecule has 138 valence electrons. The van der Waals surface area contributed by atoms with Gasteiger partial charge in [-0.1, -0.05) is 39.8 Å². The maximum atomic E-state index is 12.1. The Bertz CT molecular complexity index is 604. The van der Waals surface area contributed by atoms with E-state index < -0.39 is 6.10 Å². The minimum absolute atomic E-state index is 0.0706. The molecule has 1 unspecified atom stereocenters. The smallest absolute Gasteiger partial charge is 0.227 e. The highest BCUT2D eigenvalue weighted by atomic mass is 16.3. The third-order valence-electron chi connectivity index (χ3n) is 4.71. The summed E-state index contributed by atoms with van der Waals surface area (Å²) in [6.07, 6.45) is 1.77. The van der Waals surface area contributed by atoms with Gasteiger partial charge in [0.05, 0.1) is 12.5 Å². The molecule has 1 aliphatic rings. The van der Waals surface area contributed by atoms with Crippen LogP contribution in [0.5, 0.6) is 0 Å². The number of aliphatic hydroxyl groups excluding tert-OH is 1. The third-order valence-corrected chi connectivity index (χ3v) is 4.71. The Morgan fingerprint density at radius 2 is 1.80 bits per heavy atom.